The van der Waals surface area contributed by atoms with Crippen LogP contribution in [0.1, 0.15) is 23.6 Å². The predicted molar refractivity (Wildman–Crippen MR) is 122 cm³/mol. The van der Waals surface area contributed by atoms with Gasteiger partial charge >= 0.3 is 0 Å². The summed E-state index contributed by atoms with van der Waals surface area (Å²) in [6.45, 7) is 2.20. The molecule has 1 saturated heterocycles. The first-order valence-electron chi connectivity index (χ1n) is 10.7. The largest absolute Gasteiger partial charge is 0.394 e. The Morgan fingerprint density at radius 3 is 2.56 bits per heavy atom. The number of aliphatic hydroxyl groups is 1. The summed E-state index contributed by atoms with van der Waals surface area (Å²) < 4.78 is 43.2. The van der Waals surface area contributed by atoms with Crippen molar-refractivity contribution in [2.75, 3.05) is 18.5 Å². The summed E-state index contributed by atoms with van der Waals surface area (Å²) >= 11 is 0. The Morgan fingerprint density at radius 1 is 1.09 bits per heavy atom. The second-order valence-electron chi connectivity index (χ2n) is 8.54. The SMILES string of the molecule is Cc1ccc(S(=O)(=O)N2CC[C@H]3[C@H](CO)Nc4ccc(-c5ccccc5F)cc4[C@H]32)cc1. The minimum Gasteiger partial charge on any atom is -0.394 e. The van der Waals surface area contributed by atoms with Gasteiger partial charge in [0.1, 0.15) is 5.82 Å². The zero-order valence-corrected chi connectivity index (χ0v) is 18.5. The number of sulfonamides is 1. The van der Waals surface area contributed by atoms with Crippen molar-refractivity contribution in [3.8, 4) is 11.1 Å². The fourth-order valence-electron chi connectivity index (χ4n) is 5.00. The molecule has 0 saturated carbocycles. The third kappa shape index (κ3) is 3.41. The number of nitrogens with zero attached hydrogens (tertiary/aromatic N) is 1. The van der Waals surface area contributed by atoms with E-state index >= 15 is 0 Å². The highest BCUT2D eigenvalue weighted by atomic mass is 32.2. The maximum atomic E-state index is 14.5. The average Bonchev–Trinajstić information content (AvgIpc) is 3.25. The van der Waals surface area contributed by atoms with Crippen LogP contribution in [0.3, 0.4) is 0 Å². The first kappa shape index (κ1) is 21.1. The van der Waals surface area contributed by atoms with E-state index in [0.29, 0.717) is 24.1 Å². The highest BCUT2D eigenvalue weighted by Crippen LogP contribution is 2.49. The second-order valence-corrected chi connectivity index (χ2v) is 10.4. The van der Waals surface area contributed by atoms with Crippen molar-refractivity contribution in [1.82, 2.24) is 4.31 Å². The van der Waals surface area contributed by atoms with Crippen LogP contribution >= 0.6 is 0 Å². The molecule has 0 aliphatic carbocycles. The van der Waals surface area contributed by atoms with E-state index in [9.17, 15) is 17.9 Å². The molecule has 1 fully saturated rings. The molecule has 32 heavy (non-hydrogen) atoms. The van der Waals surface area contributed by atoms with Crippen LogP contribution in [0.5, 0.6) is 0 Å². The van der Waals surface area contributed by atoms with Crippen molar-refractivity contribution in [2.24, 2.45) is 5.92 Å². The van der Waals surface area contributed by atoms with Crippen LogP contribution in [0, 0.1) is 18.7 Å². The fourth-order valence-corrected chi connectivity index (χ4v) is 6.66. The number of nitrogens with one attached hydrogen (secondary N) is 1. The minimum atomic E-state index is -3.74. The lowest BCUT2D eigenvalue weighted by Crippen LogP contribution is -2.42. The first-order chi connectivity index (χ1) is 15.4. The number of aryl methyl sites for hydroxylation is 1. The van der Waals surface area contributed by atoms with E-state index in [1.807, 2.05) is 25.1 Å². The third-order valence-corrected chi connectivity index (χ3v) is 8.53. The molecule has 2 aliphatic heterocycles. The van der Waals surface area contributed by atoms with Crippen molar-refractivity contribution in [1.29, 1.82) is 0 Å². The molecule has 3 aromatic rings. The van der Waals surface area contributed by atoms with E-state index in [0.717, 1.165) is 16.8 Å². The van der Waals surface area contributed by atoms with Gasteiger partial charge in [-0.15, -0.1) is 0 Å². The number of fused-ring (bicyclic) bond motifs is 3. The molecule has 0 bridgehead atoms. The van der Waals surface area contributed by atoms with Crippen molar-refractivity contribution in [2.45, 2.75) is 30.3 Å². The van der Waals surface area contributed by atoms with Gasteiger partial charge in [0.2, 0.25) is 10.0 Å². The van der Waals surface area contributed by atoms with Crippen LogP contribution < -0.4 is 5.32 Å². The van der Waals surface area contributed by atoms with E-state index < -0.39 is 16.1 Å². The Balaban J connectivity index is 1.62. The Bertz CT molecular complexity index is 1260. The number of anilines is 1. The summed E-state index contributed by atoms with van der Waals surface area (Å²) in [7, 11) is -3.74. The van der Waals surface area contributed by atoms with E-state index in [1.165, 1.54) is 6.07 Å². The van der Waals surface area contributed by atoms with Gasteiger partial charge in [-0.25, -0.2) is 12.8 Å². The van der Waals surface area contributed by atoms with Crippen molar-refractivity contribution in [3.05, 3.63) is 83.7 Å². The number of halogens is 1. The van der Waals surface area contributed by atoms with E-state index in [2.05, 4.69) is 5.32 Å². The number of rotatable bonds is 4. The Morgan fingerprint density at radius 2 is 1.84 bits per heavy atom. The van der Waals surface area contributed by atoms with Crippen LogP contribution in [-0.4, -0.2) is 37.0 Å². The van der Waals surface area contributed by atoms with Gasteiger partial charge in [-0.05, 0) is 54.8 Å². The van der Waals surface area contributed by atoms with Crippen molar-refractivity contribution in [3.63, 3.8) is 0 Å². The first-order valence-corrected chi connectivity index (χ1v) is 12.2. The summed E-state index contributed by atoms with van der Waals surface area (Å²) in [6, 6.07) is 18.3. The molecule has 3 atom stereocenters. The Kier molecular flexibility index (Phi) is 5.28. The molecule has 0 spiro atoms. The molecule has 3 aromatic carbocycles. The van der Waals surface area contributed by atoms with Gasteiger partial charge in [0, 0.05) is 23.7 Å². The topological polar surface area (TPSA) is 69.6 Å². The highest BCUT2D eigenvalue weighted by Gasteiger charge is 2.48. The minimum absolute atomic E-state index is 0.0800. The molecule has 166 valence electrons. The van der Waals surface area contributed by atoms with Crippen LogP contribution in [0.15, 0.2) is 71.6 Å². The Labute approximate surface area is 187 Å². The van der Waals surface area contributed by atoms with Gasteiger partial charge in [0.25, 0.3) is 0 Å². The van der Waals surface area contributed by atoms with Gasteiger partial charge in [0.15, 0.2) is 0 Å². The molecule has 2 aliphatic rings. The second kappa shape index (κ2) is 7.99. The van der Waals surface area contributed by atoms with Gasteiger partial charge < -0.3 is 10.4 Å². The molecular weight excluding hydrogens is 427 g/mol. The predicted octanol–water partition coefficient (Wildman–Crippen LogP) is 4.34. The summed E-state index contributed by atoms with van der Waals surface area (Å²) in [5, 5.41) is 13.4. The lowest BCUT2D eigenvalue weighted by molar-refractivity contribution is 0.210. The zero-order valence-electron chi connectivity index (χ0n) is 17.7. The highest BCUT2D eigenvalue weighted by molar-refractivity contribution is 7.89. The molecule has 7 heteroatoms. The van der Waals surface area contributed by atoms with Crippen molar-refractivity contribution < 1.29 is 17.9 Å². The van der Waals surface area contributed by atoms with E-state index in [-0.39, 0.29) is 29.3 Å². The normalized spacial score (nSPS) is 22.8. The van der Waals surface area contributed by atoms with Gasteiger partial charge in [-0.2, -0.15) is 4.31 Å². The van der Waals surface area contributed by atoms with Crippen LogP contribution in [0.2, 0.25) is 0 Å². The molecule has 5 rings (SSSR count). The summed E-state index contributed by atoms with van der Waals surface area (Å²) in [6.07, 6.45) is 0.636. The molecule has 2 heterocycles. The summed E-state index contributed by atoms with van der Waals surface area (Å²) in [4.78, 5) is 0.259. The fraction of sp³-hybridized carbons (Fsp3) is 0.280. The molecule has 2 N–H and O–H groups in total. The summed E-state index contributed by atoms with van der Waals surface area (Å²) in [5.41, 5.74) is 3.75. The molecule has 0 aromatic heterocycles. The van der Waals surface area contributed by atoms with Crippen LogP contribution in [0.4, 0.5) is 10.1 Å². The Hall–Kier alpha value is -2.74. The van der Waals surface area contributed by atoms with Gasteiger partial charge in [0.05, 0.1) is 23.6 Å². The van der Waals surface area contributed by atoms with Gasteiger partial charge in [-0.1, -0.05) is 42.0 Å². The zero-order chi connectivity index (χ0) is 22.5. The lowest BCUT2D eigenvalue weighted by Gasteiger charge is -2.39. The molecule has 0 amide bonds. The number of benzene rings is 3. The van der Waals surface area contributed by atoms with Gasteiger partial charge in [-0.3, -0.25) is 0 Å². The van der Waals surface area contributed by atoms with Crippen molar-refractivity contribution >= 4 is 15.7 Å². The molecular formula is C25H25FN2O3S. The van der Waals surface area contributed by atoms with Crippen LogP contribution in [0.25, 0.3) is 11.1 Å². The maximum absolute atomic E-state index is 14.5. The smallest absolute Gasteiger partial charge is 0.243 e. The number of hydrogen-bond acceptors (Lipinski definition) is 4. The molecule has 0 radical (unpaired) electrons. The lowest BCUT2D eigenvalue weighted by atomic mass is 9.82. The standard InChI is InChI=1S/C25H25FN2O3S/c1-16-6-9-18(10-7-16)32(30,31)28-13-12-20-24(15-29)27-23-11-8-17(14-21(23)25(20)28)19-4-2-3-5-22(19)26/h2-11,14,20,24-25,27,29H,12-13,15H2,1H3/t20-,24-,25-/m0/s1. The third-order valence-electron chi connectivity index (χ3n) is 6.64. The van der Waals surface area contributed by atoms with E-state index in [4.69, 9.17) is 0 Å². The van der Waals surface area contributed by atoms with Crippen LogP contribution in [-0.2, 0) is 10.0 Å². The maximum Gasteiger partial charge on any atom is 0.243 e. The monoisotopic (exact) mass is 452 g/mol. The molecule has 5 nitrogen and oxygen atoms in total. The molecule has 0 unspecified atom stereocenters. The van der Waals surface area contributed by atoms with E-state index in [1.54, 1.807) is 46.8 Å². The number of hydrogen-bond donors (Lipinski definition) is 2. The summed E-state index contributed by atoms with van der Waals surface area (Å²) in [5.74, 6) is -0.403. The number of aliphatic hydroxyl groups excluding tert-OH is 1. The quantitative estimate of drug-likeness (QED) is 0.618. The average molecular weight is 453 g/mol.